The van der Waals surface area contributed by atoms with Crippen LogP contribution in [0.25, 0.3) is 11.4 Å². The van der Waals surface area contributed by atoms with E-state index in [9.17, 15) is 4.79 Å². The SMILES string of the molecule is CCc1cc(-c2nnc(SCC(=O)Nc3ccccc3C)n2CC2CCCO2)cs1. The first-order valence-electron chi connectivity index (χ1n) is 10.2. The van der Waals surface area contributed by atoms with Crippen LogP contribution in [-0.4, -0.2) is 39.1 Å². The minimum atomic E-state index is -0.0497. The summed E-state index contributed by atoms with van der Waals surface area (Å²) in [6.45, 7) is 5.66. The molecule has 1 fully saturated rings. The molecule has 1 aliphatic rings. The Bertz CT molecular complexity index is 1010. The number of carbonyl (C=O) groups is 1. The van der Waals surface area contributed by atoms with Crippen LogP contribution in [0.4, 0.5) is 5.69 Å². The van der Waals surface area contributed by atoms with E-state index in [-0.39, 0.29) is 17.8 Å². The summed E-state index contributed by atoms with van der Waals surface area (Å²) in [5, 5.41) is 14.7. The summed E-state index contributed by atoms with van der Waals surface area (Å²) in [6, 6.07) is 9.96. The number of nitrogens with one attached hydrogen (secondary N) is 1. The number of anilines is 1. The van der Waals surface area contributed by atoms with Gasteiger partial charge in [0.25, 0.3) is 0 Å². The molecule has 1 aliphatic heterocycles. The first kappa shape index (κ1) is 21.1. The van der Waals surface area contributed by atoms with Crippen molar-refractivity contribution in [2.45, 2.75) is 50.9 Å². The van der Waals surface area contributed by atoms with E-state index in [1.165, 1.54) is 16.6 Å². The lowest BCUT2D eigenvalue weighted by atomic mass is 10.2. The minimum Gasteiger partial charge on any atom is -0.376 e. The molecule has 30 heavy (non-hydrogen) atoms. The quantitative estimate of drug-likeness (QED) is 0.508. The summed E-state index contributed by atoms with van der Waals surface area (Å²) in [7, 11) is 0. The van der Waals surface area contributed by atoms with Crippen molar-refractivity contribution < 1.29 is 9.53 Å². The molecule has 0 bridgehead atoms. The van der Waals surface area contributed by atoms with Crippen molar-refractivity contribution in [3.8, 4) is 11.4 Å². The van der Waals surface area contributed by atoms with E-state index in [0.29, 0.717) is 6.54 Å². The lowest BCUT2D eigenvalue weighted by molar-refractivity contribution is -0.113. The number of thiophene rings is 1. The van der Waals surface area contributed by atoms with Gasteiger partial charge in [-0.05, 0) is 43.9 Å². The fourth-order valence-electron chi connectivity index (χ4n) is 3.48. The monoisotopic (exact) mass is 442 g/mol. The molecule has 4 rings (SSSR count). The van der Waals surface area contributed by atoms with E-state index in [4.69, 9.17) is 4.74 Å². The van der Waals surface area contributed by atoms with Gasteiger partial charge in [0, 0.05) is 28.1 Å². The van der Waals surface area contributed by atoms with Crippen molar-refractivity contribution in [2.24, 2.45) is 0 Å². The Labute approximate surface area is 185 Å². The Morgan fingerprint density at radius 3 is 2.97 bits per heavy atom. The van der Waals surface area contributed by atoms with Crippen LogP contribution in [-0.2, 0) is 22.5 Å². The largest absolute Gasteiger partial charge is 0.376 e. The Balaban J connectivity index is 1.50. The van der Waals surface area contributed by atoms with E-state index in [1.54, 1.807) is 11.3 Å². The highest BCUT2D eigenvalue weighted by Gasteiger charge is 2.22. The van der Waals surface area contributed by atoms with Crippen LogP contribution < -0.4 is 5.32 Å². The van der Waals surface area contributed by atoms with Crippen molar-refractivity contribution in [1.82, 2.24) is 14.8 Å². The average Bonchev–Trinajstić information content (AvgIpc) is 3.49. The third-order valence-corrected chi connectivity index (χ3v) is 7.19. The molecule has 2 aromatic heterocycles. The van der Waals surface area contributed by atoms with Gasteiger partial charge in [-0.1, -0.05) is 36.9 Å². The molecule has 1 saturated heterocycles. The number of para-hydroxylation sites is 1. The maximum atomic E-state index is 12.5. The van der Waals surface area contributed by atoms with Crippen LogP contribution >= 0.6 is 23.1 Å². The zero-order valence-electron chi connectivity index (χ0n) is 17.3. The molecule has 3 heterocycles. The van der Waals surface area contributed by atoms with Crippen LogP contribution in [0.3, 0.4) is 0 Å². The van der Waals surface area contributed by atoms with Gasteiger partial charge >= 0.3 is 0 Å². The van der Waals surface area contributed by atoms with Crippen molar-refractivity contribution in [3.63, 3.8) is 0 Å². The molecule has 0 spiro atoms. The van der Waals surface area contributed by atoms with Crippen molar-refractivity contribution in [2.75, 3.05) is 17.7 Å². The Morgan fingerprint density at radius 1 is 1.37 bits per heavy atom. The molecular weight excluding hydrogens is 416 g/mol. The predicted octanol–water partition coefficient (Wildman–Crippen LogP) is 4.79. The Morgan fingerprint density at radius 2 is 2.23 bits per heavy atom. The molecule has 1 amide bonds. The zero-order chi connectivity index (χ0) is 20.9. The fraction of sp³-hybridized carbons (Fsp3) is 0.409. The molecule has 3 aromatic rings. The number of nitrogens with zero attached hydrogens (tertiary/aromatic N) is 3. The van der Waals surface area contributed by atoms with Gasteiger partial charge in [-0.2, -0.15) is 0 Å². The summed E-state index contributed by atoms with van der Waals surface area (Å²) in [4.78, 5) is 13.8. The number of rotatable bonds is 8. The van der Waals surface area contributed by atoms with Gasteiger partial charge in [-0.25, -0.2) is 0 Å². The smallest absolute Gasteiger partial charge is 0.234 e. The molecule has 0 aliphatic carbocycles. The highest BCUT2D eigenvalue weighted by molar-refractivity contribution is 7.99. The molecular formula is C22H26N4O2S2. The van der Waals surface area contributed by atoms with Crippen LogP contribution in [0.5, 0.6) is 0 Å². The molecule has 1 N–H and O–H groups in total. The standard InChI is InChI=1S/C22H26N4O2S2/c1-3-18-11-16(13-29-18)21-24-25-22(26(21)12-17-8-6-10-28-17)30-14-20(27)23-19-9-5-4-7-15(19)2/h4-5,7,9,11,13,17H,3,6,8,10,12,14H2,1-2H3,(H,23,27). The van der Waals surface area contributed by atoms with E-state index in [0.717, 1.165) is 53.7 Å². The van der Waals surface area contributed by atoms with Gasteiger partial charge in [0.15, 0.2) is 11.0 Å². The summed E-state index contributed by atoms with van der Waals surface area (Å²) in [5.74, 6) is 1.08. The second-order valence-corrected chi connectivity index (χ2v) is 9.30. The summed E-state index contributed by atoms with van der Waals surface area (Å²) >= 11 is 3.16. The lowest BCUT2D eigenvalue weighted by Crippen LogP contribution is -2.18. The fourth-order valence-corrected chi connectivity index (χ4v) is 5.04. The molecule has 1 unspecified atom stereocenters. The van der Waals surface area contributed by atoms with Gasteiger partial charge in [0.1, 0.15) is 0 Å². The topological polar surface area (TPSA) is 69.0 Å². The number of carbonyl (C=O) groups excluding carboxylic acids is 1. The number of aromatic nitrogens is 3. The van der Waals surface area contributed by atoms with Crippen LogP contribution in [0.2, 0.25) is 0 Å². The third kappa shape index (κ3) is 4.94. The number of hydrogen-bond donors (Lipinski definition) is 1. The summed E-state index contributed by atoms with van der Waals surface area (Å²) in [6.07, 6.45) is 3.30. The van der Waals surface area contributed by atoms with E-state index < -0.39 is 0 Å². The van der Waals surface area contributed by atoms with Gasteiger partial charge in [0.2, 0.25) is 5.91 Å². The van der Waals surface area contributed by atoms with Crippen molar-refractivity contribution >= 4 is 34.7 Å². The van der Waals surface area contributed by atoms with Gasteiger partial charge in [-0.15, -0.1) is 21.5 Å². The number of hydrogen-bond acceptors (Lipinski definition) is 6. The number of ether oxygens (including phenoxy) is 1. The molecule has 158 valence electrons. The lowest BCUT2D eigenvalue weighted by Gasteiger charge is -2.14. The van der Waals surface area contributed by atoms with Crippen molar-refractivity contribution in [1.29, 1.82) is 0 Å². The van der Waals surface area contributed by atoms with Gasteiger partial charge in [-0.3, -0.25) is 9.36 Å². The number of benzene rings is 1. The summed E-state index contributed by atoms with van der Waals surface area (Å²) in [5.41, 5.74) is 2.97. The highest BCUT2D eigenvalue weighted by atomic mass is 32.2. The molecule has 8 heteroatoms. The minimum absolute atomic E-state index is 0.0497. The molecule has 0 radical (unpaired) electrons. The Kier molecular flexibility index (Phi) is 6.86. The maximum Gasteiger partial charge on any atom is 0.234 e. The predicted molar refractivity (Wildman–Crippen MR) is 122 cm³/mol. The van der Waals surface area contributed by atoms with Gasteiger partial charge < -0.3 is 10.1 Å². The summed E-state index contributed by atoms with van der Waals surface area (Å²) < 4.78 is 7.97. The molecule has 1 aromatic carbocycles. The zero-order valence-corrected chi connectivity index (χ0v) is 18.9. The third-order valence-electron chi connectivity index (χ3n) is 5.14. The Hall–Kier alpha value is -2.16. The first-order chi connectivity index (χ1) is 14.6. The number of amides is 1. The highest BCUT2D eigenvalue weighted by Crippen LogP contribution is 2.29. The number of aryl methyl sites for hydroxylation is 2. The van der Waals surface area contributed by atoms with Crippen molar-refractivity contribution in [3.05, 3.63) is 46.2 Å². The second kappa shape index (κ2) is 9.76. The van der Waals surface area contributed by atoms with Crippen LogP contribution in [0, 0.1) is 6.92 Å². The van der Waals surface area contributed by atoms with Gasteiger partial charge in [0.05, 0.1) is 18.4 Å². The molecule has 0 saturated carbocycles. The second-order valence-electron chi connectivity index (χ2n) is 7.36. The first-order valence-corrected chi connectivity index (χ1v) is 12.1. The van der Waals surface area contributed by atoms with E-state index >= 15 is 0 Å². The number of thioether (sulfide) groups is 1. The van der Waals surface area contributed by atoms with E-state index in [2.05, 4.69) is 38.5 Å². The maximum absolute atomic E-state index is 12.5. The molecule has 1 atom stereocenters. The molecule has 6 nitrogen and oxygen atoms in total. The average molecular weight is 443 g/mol. The van der Waals surface area contributed by atoms with Crippen LogP contribution in [0.15, 0.2) is 40.9 Å². The van der Waals surface area contributed by atoms with Crippen LogP contribution in [0.1, 0.15) is 30.2 Å². The van der Waals surface area contributed by atoms with E-state index in [1.807, 2.05) is 31.2 Å². The normalized spacial score (nSPS) is 16.1.